The highest BCUT2D eigenvalue weighted by Gasteiger charge is 2.67. The van der Waals surface area contributed by atoms with Crippen LogP contribution >= 0.6 is 0 Å². The minimum atomic E-state index is -0.876. The Labute approximate surface area is 184 Å². The smallest absolute Gasteiger partial charge is 0.105 e. The van der Waals surface area contributed by atoms with Crippen molar-refractivity contribution in [3.63, 3.8) is 0 Å². The molecule has 6 rings (SSSR count). The second-order valence-electron chi connectivity index (χ2n) is 10.7. The van der Waals surface area contributed by atoms with Gasteiger partial charge in [0.15, 0.2) is 0 Å². The molecule has 1 saturated heterocycles. The first-order chi connectivity index (χ1) is 14.8. The van der Waals surface area contributed by atoms with Gasteiger partial charge in [-0.2, -0.15) is 0 Å². The average Bonchev–Trinajstić information content (AvgIpc) is 3.27. The van der Waals surface area contributed by atoms with E-state index in [2.05, 4.69) is 36.2 Å². The Morgan fingerprint density at radius 3 is 2.77 bits per heavy atom. The fourth-order valence-electron chi connectivity index (χ4n) is 7.47. The first-order valence-electron chi connectivity index (χ1n) is 11.6. The number of aliphatic hydroxyl groups excluding tert-OH is 2. The predicted octanol–water partition coefficient (Wildman–Crippen LogP) is 3.11. The standard InChI is InChI=1S/C26H32N2O3/c1-24-9-8-17-13-19-22(29)23(30)20(28(2)3)14-25(19)10-11-26(17,31-25)21(24)7-6-18(24)16-5-4-12-27-15-16/h4-6,8,12-13,15,20-23,29-30H,7,9-11,14H2,1-3H3/t20-,21?,22+,23+,24+,25+,26+/m0/s1. The van der Waals surface area contributed by atoms with E-state index in [0.29, 0.717) is 5.92 Å². The molecule has 1 saturated carbocycles. The van der Waals surface area contributed by atoms with Gasteiger partial charge in [0.2, 0.25) is 0 Å². The van der Waals surface area contributed by atoms with Gasteiger partial charge in [-0.05, 0) is 74.5 Å². The lowest BCUT2D eigenvalue weighted by Crippen LogP contribution is -2.61. The summed E-state index contributed by atoms with van der Waals surface area (Å²) in [7, 11) is 3.95. The molecule has 2 spiro atoms. The number of aromatic nitrogens is 1. The maximum absolute atomic E-state index is 11.1. The van der Waals surface area contributed by atoms with Crippen LogP contribution in [0.4, 0.5) is 0 Å². The zero-order valence-electron chi connectivity index (χ0n) is 18.6. The number of aliphatic hydroxyl groups is 2. The topological polar surface area (TPSA) is 65.8 Å². The molecule has 1 aromatic rings. The van der Waals surface area contributed by atoms with Gasteiger partial charge < -0.3 is 19.8 Å². The maximum Gasteiger partial charge on any atom is 0.105 e. The van der Waals surface area contributed by atoms with Crippen molar-refractivity contribution >= 4 is 5.57 Å². The lowest BCUT2D eigenvalue weighted by atomic mass is 9.58. The van der Waals surface area contributed by atoms with Crippen LogP contribution in [0.2, 0.25) is 0 Å². The molecular formula is C26H32N2O3. The van der Waals surface area contributed by atoms with Gasteiger partial charge >= 0.3 is 0 Å². The highest BCUT2D eigenvalue weighted by atomic mass is 16.5. The lowest BCUT2D eigenvalue weighted by molar-refractivity contribution is -0.161. The Morgan fingerprint density at radius 1 is 1.19 bits per heavy atom. The number of hydrogen-bond donors (Lipinski definition) is 2. The average molecular weight is 421 g/mol. The van der Waals surface area contributed by atoms with E-state index in [1.807, 2.05) is 37.5 Å². The first-order valence-corrected chi connectivity index (χ1v) is 11.6. The van der Waals surface area contributed by atoms with Crippen molar-refractivity contribution in [2.24, 2.45) is 11.3 Å². The van der Waals surface area contributed by atoms with Crippen LogP contribution in [0.25, 0.3) is 5.57 Å². The molecule has 5 aliphatic rings. The van der Waals surface area contributed by atoms with Gasteiger partial charge in [-0.3, -0.25) is 4.98 Å². The van der Waals surface area contributed by atoms with E-state index < -0.39 is 17.8 Å². The minimum absolute atomic E-state index is 0.0111. The van der Waals surface area contributed by atoms with Gasteiger partial charge in [-0.15, -0.1) is 0 Å². The molecule has 2 N–H and O–H groups in total. The van der Waals surface area contributed by atoms with Crippen LogP contribution in [-0.4, -0.2) is 63.6 Å². The van der Waals surface area contributed by atoms with E-state index in [0.717, 1.165) is 37.7 Å². The van der Waals surface area contributed by atoms with Crippen LogP contribution in [-0.2, 0) is 4.74 Å². The molecule has 0 amide bonds. The summed E-state index contributed by atoms with van der Waals surface area (Å²) in [6.45, 7) is 2.39. The van der Waals surface area contributed by atoms with Crippen molar-refractivity contribution in [3.05, 3.63) is 59.5 Å². The van der Waals surface area contributed by atoms with E-state index in [-0.39, 0.29) is 17.1 Å². The van der Waals surface area contributed by atoms with Crippen LogP contribution < -0.4 is 0 Å². The van der Waals surface area contributed by atoms with E-state index in [1.54, 1.807) is 0 Å². The van der Waals surface area contributed by atoms with Crippen molar-refractivity contribution in [2.45, 2.75) is 68.5 Å². The summed E-state index contributed by atoms with van der Waals surface area (Å²) < 4.78 is 7.16. The van der Waals surface area contributed by atoms with Gasteiger partial charge in [0.05, 0.1) is 17.3 Å². The quantitative estimate of drug-likeness (QED) is 0.770. The molecule has 0 radical (unpaired) electrons. The van der Waals surface area contributed by atoms with Crippen molar-refractivity contribution in [3.8, 4) is 0 Å². The molecule has 164 valence electrons. The van der Waals surface area contributed by atoms with Crippen LogP contribution in [0.5, 0.6) is 0 Å². The summed E-state index contributed by atoms with van der Waals surface area (Å²) >= 11 is 0. The Hall–Kier alpha value is -1.79. The molecule has 2 aliphatic heterocycles. The number of ether oxygens (including phenoxy) is 1. The van der Waals surface area contributed by atoms with Crippen LogP contribution in [0.1, 0.15) is 44.6 Å². The van der Waals surface area contributed by atoms with E-state index >= 15 is 0 Å². The van der Waals surface area contributed by atoms with Gasteiger partial charge in [0, 0.05) is 29.8 Å². The Balaban J connectivity index is 1.43. The van der Waals surface area contributed by atoms with Gasteiger partial charge in [-0.25, -0.2) is 0 Å². The van der Waals surface area contributed by atoms with Crippen molar-refractivity contribution < 1.29 is 14.9 Å². The third-order valence-electron chi connectivity index (χ3n) is 9.07. The van der Waals surface area contributed by atoms with Crippen molar-refractivity contribution in [2.75, 3.05) is 14.1 Å². The molecule has 1 unspecified atom stereocenters. The molecule has 5 nitrogen and oxygen atoms in total. The van der Waals surface area contributed by atoms with Gasteiger partial charge in [0.25, 0.3) is 0 Å². The second kappa shape index (κ2) is 6.38. The monoisotopic (exact) mass is 420 g/mol. The van der Waals surface area contributed by atoms with E-state index in [9.17, 15) is 10.2 Å². The number of pyridine rings is 1. The summed E-state index contributed by atoms with van der Waals surface area (Å²) in [5.74, 6) is 0.370. The summed E-state index contributed by atoms with van der Waals surface area (Å²) in [6, 6.07) is 4.07. The fourth-order valence-corrected chi connectivity index (χ4v) is 7.47. The van der Waals surface area contributed by atoms with E-state index in [1.165, 1.54) is 16.7 Å². The normalized spacial score (nSPS) is 45.4. The zero-order chi connectivity index (χ0) is 21.6. The number of rotatable bonds is 2. The Bertz CT molecular complexity index is 1010. The molecule has 2 bridgehead atoms. The van der Waals surface area contributed by atoms with Crippen molar-refractivity contribution in [1.82, 2.24) is 9.88 Å². The molecule has 2 fully saturated rings. The lowest BCUT2D eigenvalue weighted by Gasteiger charge is -2.55. The summed E-state index contributed by atoms with van der Waals surface area (Å²) in [5, 5.41) is 21.8. The molecule has 0 aromatic carbocycles. The number of nitrogens with zero attached hydrogens (tertiary/aromatic N) is 2. The molecule has 5 heteroatoms. The van der Waals surface area contributed by atoms with E-state index in [4.69, 9.17) is 4.74 Å². The zero-order valence-corrected chi connectivity index (χ0v) is 18.6. The molecule has 3 heterocycles. The second-order valence-corrected chi connectivity index (χ2v) is 10.7. The highest BCUT2D eigenvalue weighted by molar-refractivity contribution is 5.74. The molecular weight excluding hydrogens is 388 g/mol. The van der Waals surface area contributed by atoms with Crippen LogP contribution in [0.3, 0.4) is 0 Å². The highest BCUT2D eigenvalue weighted by Crippen LogP contribution is 2.67. The van der Waals surface area contributed by atoms with Gasteiger partial charge in [-0.1, -0.05) is 31.2 Å². The molecule has 7 atom stereocenters. The summed E-state index contributed by atoms with van der Waals surface area (Å²) in [6.07, 6.45) is 13.6. The summed E-state index contributed by atoms with van der Waals surface area (Å²) in [4.78, 5) is 6.39. The SMILES string of the molecule is CN(C)[C@H]1C[C@@]23CC[C@@]4(O2)C(=CC[C@]2(C)C(c5cccnc5)=CCC24)C=C3[C@@H](O)[C@@H]1O. The minimum Gasteiger partial charge on any atom is -0.388 e. The van der Waals surface area contributed by atoms with Crippen LogP contribution in [0.15, 0.2) is 53.9 Å². The number of likely N-dealkylation sites (N-methyl/N-ethyl adjacent to an activating group) is 1. The predicted molar refractivity (Wildman–Crippen MR) is 119 cm³/mol. The number of allylic oxidation sites excluding steroid dienone is 3. The molecule has 31 heavy (non-hydrogen) atoms. The molecule has 1 aromatic heterocycles. The number of hydrogen-bond acceptors (Lipinski definition) is 5. The van der Waals surface area contributed by atoms with Crippen molar-refractivity contribution in [1.29, 1.82) is 0 Å². The Morgan fingerprint density at radius 2 is 2.03 bits per heavy atom. The summed E-state index contributed by atoms with van der Waals surface area (Å²) in [5.41, 5.74) is 3.94. The third kappa shape index (κ3) is 2.44. The maximum atomic E-state index is 11.1. The Kier molecular flexibility index (Phi) is 4.09. The van der Waals surface area contributed by atoms with Gasteiger partial charge in [0.1, 0.15) is 6.10 Å². The van der Waals surface area contributed by atoms with Crippen LogP contribution in [0, 0.1) is 11.3 Å². The third-order valence-corrected chi connectivity index (χ3v) is 9.07. The number of fused-ring (bicyclic) bond motifs is 1. The largest absolute Gasteiger partial charge is 0.388 e. The first kappa shape index (κ1) is 19.9. The fraction of sp³-hybridized carbons (Fsp3) is 0.577. The molecule has 3 aliphatic carbocycles.